The number of carbonyl (C=O) groups excluding carboxylic acids is 1. The van der Waals surface area contributed by atoms with Gasteiger partial charge in [-0.3, -0.25) is 10.2 Å². The van der Waals surface area contributed by atoms with Crippen LogP contribution in [0.2, 0.25) is 0 Å². The molecule has 2 fully saturated rings. The van der Waals surface area contributed by atoms with Crippen LogP contribution in [0.1, 0.15) is 12.5 Å². The quantitative estimate of drug-likeness (QED) is 0.613. The topological polar surface area (TPSA) is 86.2 Å². The fourth-order valence-electron chi connectivity index (χ4n) is 3.67. The average molecular weight is 341 g/mol. The van der Waals surface area contributed by atoms with Gasteiger partial charge in [-0.2, -0.15) is 5.10 Å². The molecule has 4 atom stereocenters. The third-order valence-corrected chi connectivity index (χ3v) is 4.88. The summed E-state index contributed by atoms with van der Waals surface area (Å²) in [5, 5.41) is 9.46. The van der Waals surface area contributed by atoms with Crippen LogP contribution in [-0.2, 0) is 11.2 Å². The molecule has 4 N–H and O–H groups in total. The normalized spacial score (nSPS) is 28.9. The SMILES string of the molecule is CC1NN(C)C2NNC(NC(=O)Cc3cnn(-c4ccccc4)c3)C12. The van der Waals surface area contributed by atoms with E-state index in [2.05, 4.69) is 33.6 Å². The average Bonchev–Trinajstić information content (AvgIpc) is 3.28. The van der Waals surface area contributed by atoms with Gasteiger partial charge in [0.2, 0.25) is 5.91 Å². The molecule has 2 aliphatic rings. The Hall–Kier alpha value is -2.26. The highest BCUT2D eigenvalue weighted by Gasteiger charge is 2.47. The minimum absolute atomic E-state index is 0.0192. The van der Waals surface area contributed by atoms with Crippen LogP contribution in [0.5, 0.6) is 0 Å². The first-order chi connectivity index (χ1) is 12.1. The van der Waals surface area contributed by atoms with Gasteiger partial charge in [0.1, 0.15) is 0 Å². The number of amides is 1. The van der Waals surface area contributed by atoms with Gasteiger partial charge in [0.25, 0.3) is 0 Å². The number of nitrogens with zero attached hydrogens (tertiary/aromatic N) is 3. The van der Waals surface area contributed by atoms with E-state index in [1.165, 1.54) is 0 Å². The van der Waals surface area contributed by atoms with E-state index in [0.29, 0.717) is 6.42 Å². The Labute approximate surface area is 146 Å². The number of aromatic nitrogens is 2. The second kappa shape index (κ2) is 6.57. The Morgan fingerprint density at radius 1 is 1.28 bits per heavy atom. The first-order valence-electron chi connectivity index (χ1n) is 8.50. The van der Waals surface area contributed by atoms with Crippen LogP contribution in [0.4, 0.5) is 0 Å². The van der Waals surface area contributed by atoms with Crippen LogP contribution in [-0.4, -0.2) is 46.1 Å². The fourth-order valence-corrected chi connectivity index (χ4v) is 3.67. The molecule has 8 heteroatoms. The Morgan fingerprint density at radius 2 is 2.08 bits per heavy atom. The molecular formula is C17H23N7O. The summed E-state index contributed by atoms with van der Waals surface area (Å²) in [5.74, 6) is 0.246. The van der Waals surface area contributed by atoms with Crippen molar-refractivity contribution in [3.05, 3.63) is 48.3 Å². The number of carbonyl (C=O) groups is 1. The molecular weight excluding hydrogens is 318 g/mol. The third-order valence-electron chi connectivity index (χ3n) is 4.88. The number of hydrogen-bond acceptors (Lipinski definition) is 6. The van der Waals surface area contributed by atoms with Gasteiger partial charge in [-0.15, -0.1) is 0 Å². The number of nitrogens with one attached hydrogen (secondary N) is 4. The molecule has 4 rings (SSSR count). The van der Waals surface area contributed by atoms with E-state index in [1.54, 1.807) is 10.9 Å². The zero-order valence-corrected chi connectivity index (χ0v) is 14.3. The molecule has 0 radical (unpaired) electrons. The van der Waals surface area contributed by atoms with Crippen LogP contribution in [0.15, 0.2) is 42.7 Å². The highest BCUT2D eigenvalue weighted by atomic mass is 16.1. The van der Waals surface area contributed by atoms with Crippen molar-refractivity contribution in [2.24, 2.45) is 5.92 Å². The van der Waals surface area contributed by atoms with Gasteiger partial charge in [-0.05, 0) is 24.6 Å². The van der Waals surface area contributed by atoms with Crippen molar-refractivity contribution in [2.75, 3.05) is 7.05 Å². The number of rotatable bonds is 4. The van der Waals surface area contributed by atoms with Gasteiger partial charge in [0, 0.05) is 25.2 Å². The summed E-state index contributed by atoms with van der Waals surface area (Å²) in [7, 11) is 2.00. The standard InChI is InChI=1S/C17H23N7O/c1-11-15-16(20-21-17(15)23(2)22-11)19-14(25)8-12-9-18-24(10-12)13-6-4-3-5-7-13/h3-7,9-11,15-17,20-22H,8H2,1-2H3,(H,19,25). The molecule has 25 heavy (non-hydrogen) atoms. The lowest BCUT2D eigenvalue weighted by Crippen LogP contribution is -2.51. The number of fused-ring (bicyclic) bond motifs is 1. The number of hydrazine groups is 2. The predicted octanol–water partition coefficient (Wildman–Crippen LogP) is -0.254. The Morgan fingerprint density at radius 3 is 2.88 bits per heavy atom. The minimum Gasteiger partial charge on any atom is -0.339 e. The molecule has 4 unspecified atom stereocenters. The van der Waals surface area contributed by atoms with Crippen molar-refractivity contribution in [1.82, 2.24) is 36.4 Å². The zero-order valence-electron chi connectivity index (χ0n) is 14.3. The zero-order chi connectivity index (χ0) is 17.4. The maximum atomic E-state index is 12.4. The largest absolute Gasteiger partial charge is 0.339 e. The predicted molar refractivity (Wildman–Crippen MR) is 93.1 cm³/mol. The van der Waals surface area contributed by atoms with E-state index >= 15 is 0 Å². The molecule has 0 bridgehead atoms. The number of hydrogen-bond donors (Lipinski definition) is 4. The van der Waals surface area contributed by atoms with Gasteiger partial charge in [0.05, 0.1) is 30.6 Å². The summed E-state index contributed by atoms with van der Waals surface area (Å²) in [4.78, 5) is 12.4. The van der Waals surface area contributed by atoms with Crippen LogP contribution in [0.3, 0.4) is 0 Å². The Kier molecular flexibility index (Phi) is 4.26. The Balaban J connectivity index is 1.38. The molecule has 1 amide bonds. The monoisotopic (exact) mass is 341 g/mol. The molecule has 2 aromatic rings. The molecule has 3 heterocycles. The lowest BCUT2D eigenvalue weighted by molar-refractivity contribution is -0.121. The summed E-state index contributed by atoms with van der Waals surface area (Å²) >= 11 is 0. The summed E-state index contributed by atoms with van der Waals surface area (Å²) in [5.41, 5.74) is 11.6. The first kappa shape index (κ1) is 16.2. The number of para-hydroxylation sites is 1. The molecule has 8 nitrogen and oxygen atoms in total. The van der Waals surface area contributed by atoms with Crippen molar-refractivity contribution < 1.29 is 4.79 Å². The fraction of sp³-hybridized carbons (Fsp3) is 0.412. The van der Waals surface area contributed by atoms with Gasteiger partial charge in [0.15, 0.2) is 0 Å². The lowest BCUT2D eigenvalue weighted by atomic mass is 9.98. The summed E-state index contributed by atoms with van der Waals surface area (Å²) < 4.78 is 1.78. The summed E-state index contributed by atoms with van der Waals surface area (Å²) in [6, 6.07) is 10.1. The molecule has 0 aliphatic carbocycles. The summed E-state index contributed by atoms with van der Waals surface area (Å²) in [6.07, 6.45) is 4.00. The smallest absolute Gasteiger partial charge is 0.225 e. The van der Waals surface area contributed by atoms with Crippen molar-refractivity contribution in [2.45, 2.75) is 31.7 Å². The van der Waals surface area contributed by atoms with Crippen molar-refractivity contribution >= 4 is 5.91 Å². The van der Waals surface area contributed by atoms with Crippen LogP contribution < -0.4 is 21.6 Å². The van der Waals surface area contributed by atoms with E-state index in [4.69, 9.17) is 0 Å². The van der Waals surface area contributed by atoms with E-state index < -0.39 is 0 Å². The highest BCUT2D eigenvalue weighted by Crippen LogP contribution is 2.24. The molecule has 0 spiro atoms. The summed E-state index contributed by atoms with van der Waals surface area (Å²) in [6.45, 7) is 2.12. The first-order valence-corrected chi connectivity index (χ1v) is 8.50. The Bertz CT molecular complexity index is 746. The second-order valence-electron chi connectivity index (χ2n) is 6.69. The van der Waals surface area contributed by atoms with Crippen molar-refractivity contribution in [3.63, 3.8) is 0 Å². The van der Waals surface area contributed by atoms with Gasteiger partial charge >= 0.3 is 0 Å². The van der Waals surface area contributed by atoms with E-state index in [0.717, 1.165) is 11.3 Å². The molecule has 1 aromatic carbocycles. The van der Waals surface area contributed by atoms with Crippen LogP contribution >= 0.6 is 0 Å². The maximum Gasteiger partial charge on any atom is 0.225 e. The van der Waals surface area contributed by atoms with Crippen LogP contribution in [0.25, 0.3) is 5.69 Å². The van der Waals surface area contributed by atoms with E-state index in [-0.39, 0.29) is 30.2 Å². The van der Waals surface area contributed by atoms with Gasteiger partial charge < -0.3 is 5.32 Å². The van der Waals surface area contributed by atoms with Gasteiger partial charge in [-0.25, -0.2) is 20.5 Å². The molecule has 2 aliphatic heterocycles. The number of benzene rings is 1. The molecule has 0 saturated carbocycles. The lowest BCUT2D eigenvalue weighted by Gasteiger charge is -2.21. The third kappa shape index (κ3) is 3.16. The maximum absolute atomic E-state index is 12.4. The van der Waals surface area contributed by atoms with Crippen molar-refractivity contribution in [3.8, 4) is 5.69 Å². The highest BCUT2D eigenvalue weighted by molar-refractivity contribution is 5.78. The second-order valence-corrected chi connectivity index (χ2v) is 6.69. The molecule has 2 saturated heterocycles. The van der Waals surface area contributed by atoms with Gasteiger partial charge in [-0.1, -0.05) is 18.2 Å². The van der Waals surface area contributed by atoms with Crippen molar-refractivity contribution in [1.29, 1.82) is 0 Å². The molecule has 132 valence electrons. The van der Waals surface area contributed by atoms with E-state index in [9.17, 15) is 4.79 Å². The van der Waals surface area contributed by atoms with E-state index in [1.807, 2.05) is 48.6 Å². The molecule has 1 aromatic heterocycles. The minimum atomic E-state index is -0.103. The van der Waals surface area contributed by atoms with Crippen LogP contribution in [0, 0.1) is 5.92 Å².